The highest BCUT2D eigenvalue weighted by atomic mass is 35.5. The highest BCUT2D eigenvalue weighted by Crippen LogP contribution is 2.36. The Kier molecular flexibility index (Phi) is 4.84. The van der Waals surface area contributed by atoms with Crippen LogP contribution in [0.5, 0.6) is 0 Å². The van der Waals surface area contributed by atoms with Gasteiger partial charge in [0.25, 0.3) is 0 Å². The SMILES string of the molecule is CC(C)(C)OC(=O)N1CC(C(=O)O)C(c2cc(Cl)ccc2F)C1. The van der Waals surface area contributed by atoms with Crippen LogP contribution < -0.4 is 0 Å². The molecule has 0 radical (unpaired) electrons. The Morgan fingerprint density at radius 1 is 1.35 bits per heavy atom. The second kappa shape index (κ2) is 6.35. The van der Waals surface area contributed by atoms with Crippen molar-refractivity contribution in [2.75, 3.05) is 13.1 Å². The number of carbonyl (C=O) groups is 2. The summed E-state index contributed by atoms with van der Waals surface area (Å²) in [4.78, 5) is 25.0. The van der Waals surface area contributed by atoms with Gasteiger partial charge in [-0.2, -0.15) is 0 Å². The van der Waals surface area contributed by atoms with Gasteiger partial charge in [-0.3, -0.25) is 4.79 Å². The van der Waals surface area contributed by atoms with Crippen molar-refractivity contribution in [1.82, 2.24) is 4.90 Å². The molecule has 1 aliphatic heterocycles. The lowest BCUT2D eigenvalue weighted by Crippen LogP contribution is -2.35. The number of benzene rings is 1. The molecule has 2 rings (SSSR count). The molecule has 5 nitrogen and oxygen atoms in total. The Morgan fingerprint density at radius 2 is 2.00 bits per heavy atom. The van der Waals surface area contributed by atoms with Crippen molar-refractivity contribution in [3.8, 4) is 0 Å². The van der Waals surface area contributed by atoms with Gasteiger partial charge in [0.2, 0.25) is 0 Å². The highest BCUT2D eigenvalue weighted by molar-refractivity contribution is 6.30. The average molecular weight is 344 g/mol. The molecule has 0 spiro atoms. The zero-order chi connectivity index (χ0) is 17.4. The van der Waals surface area contributed by atoms with E-state index in [0.717, 1.165) is 0 Å². The van der Waals surface area contributed by atoms with Crippen molar-refractivity contribution < 1.29 is 23.8 Å². The van der Waals surface area contributed by atoms with Gasteiger partial charge in [0.15, 0.2) is 0 Å². The normalized spacial score (nSPS) is 21.3. The monoisotopic (exact) mass is 343 g/mol. The zero-order valence-electron chi connectivity index (χ0n) is 13.2. The fourth-order valence-electron chi connectivity index (χ4n) is 2.64. The molecule has 7 heteroatoms. The van der Waals surface area contributed by atoms with Gasteiger partial charge in [0.1, 0.15) is 11.4 Å². The van der Waals surface area contributed by atoms with Gasteiger partial charge in [-0.25, -0.2) is 9.18 Å². The largest absolute Gasteiger partial charge is 0.481 e. The van der Waals surface area contributed by atoms with E-state index in [1.54, 1.807) is 20.8 Å². The third-order valence-electron chi connectivity index (χ3n) is 3.65. The van der Waals surface area contributed by atoms with Crippen LogP contribution in [0.1, 0.15) is 32.3 Å². The van der Waals surface area contributed by atoms with E-state index in [9.17, 15) is 19.1 Å². The van der Waals surface area contributed by atoms with E-state index in [1.807, 2.05) is 0 Å². The third kappa shape index (κ3) is 4.13. The van der Waals surface area contributed by atoms with E-state index in [4.69, 9.17) is 16.3 Å². The molecule has 1 N–H and O–H groups in total. The van der Waals surface area contributed by atoms with E-state index in [2.05, 4.69) is 0 Å². The minimum atomic E-state index is -1.08. The predicted molar refractivity (Wildman–Crippen MR) is 83.1 cm³/mol. The first-order valence-electron chi connectivity index (χ1n) is 7.24. The number of likely N-dealkylation sites (tertiary alicyclic amines) is 1. The molecule has 1 aromatic rings. The fraction of sp³-hybridized carbons (Fsp3) is 0.500. The molecule has 0 saturated carbocycles. The molecule has 2 unspecified atom stereocenters. The van der Waals surface area contributed by atoms with Gasteiger partial charge in [0.05, 0.1) is 5.92 Å². The van der Waals surface area contributed by atoms with Crippen molar-refractivity contribution in [2.45, 2.75) is 32.3 Å². The number of carbonyl (C=O) groups excluding carboxylic acids is 1. The van der Waals surface area contributed by atoms with E-state index >= 15 is 0 Å². The van der Waals surface area contributed by atoms with E-state index in [0.29, 0.717) is 5.02 Å². The second-order valence-corrected chi connectivity index (χ2v) is 7.04. The second-order valence-electron chi connectivity index (χ2n) is 6.60. The number of amides is 1. The Labute approximate surface area is 139 Å². The van der Waals surface area contributed by atoms with Gasteiger partial charge in [-0.15, -0.1) is 0 Å². The molecule has 1 heterocycles. The highest BCUT2D eigenvalue weighted by Gasteiger charge is 2.42. The van der Waals surface area contributed by atoms with Crippen molar-refractivity contribution in [3.05, 3.63) is 34.6 Å². The lowest BCUT2D eigenvalue weighted by atomic mass is 9.89. The van der Waals surface area contributed by atoms with E-state index in [1.165, 1.54) is 23.1 Å². The number of halogens is 2. The summed E-state index contributed by atoms with van der Waals surface area (Å²) in [5.41, 5.74) is -0.481. The van der Waals surface area contributed by atoms with Gasteiger partial charge in [-0.05, 0) is 44.5 Å². The minimum Gasteiger partial charge on any atom is -0.481 e. The van der Waals surface area contributed by atoms with Gasteiger partial charge < -0.3 is 14.7 Å². The number of carboxylic acids is 1. The van der Waals surface area contributed by atoms with Gasteiger partial charge in [-0.1, -0.05) is 11.6 Å². The Balaban J connectivity index is 2.27. The predicted octanol–water partition coefficient (Wildman–Crippen LogP) is 3.51. The van der Waals surface area contributed by atoms with Crippen LogP contribution in [0.4, 0.5) is 9.18 Å². The zero-order valence-corrected chi connectivity index (χ0v) is 13.9. The van der Waals surface area contributed by atoms with Crippen LogP contribution in [0.2, 0.25) is 5.02 Å². The summed E-state index contributed by atoms with van der Waals surface area (Å²) in [5, 5.41) is 9.72. The first-order valence-corrected chi connectivity index (χ1v) is 7.62. The molecule has 2 atom stereocenters. The lowest BCUT2D eigenvalue weighted by Gasteiger charge is -2.24. The van der Waals surface area contributed by atoms with Crippen LogP contribution in [0.3, 0.4) is 0 Å². The van der Waals surface area contributed by atoms with Crippen LogP contribution in [0, 0.1) is 11.7 Å². The molecule has 126 valence electrons. The molecule has 0 aromatic heterocycles. The number of hydrogen-bond acceptors (Lipinski definition) is 3. The summed E-state index contributed by atoms with van der Waals surface area (Å²) in [6, 6.07) is 4.01. The summed E-state index contributed by atoms with van der Waals surface area (Å²) < 4.78 is 19.3. The number of aliphatic carboxylic acids is 1. The summed E-state index contributed by atoms with van der Waals surface area (Å²) in [6.45, 7) is 5.22. The summed E-state index contributed by atoms with van der Waals surface area (Å²) in [5.74, 6) is -3.19. The number of carboxylic acid groups (broad SMARTS) is 1. The van der Waals surface area contributed by atoms with Crippen LogP contribution in [0.25, 0.3) is 0 Å². The number of hydrogen-bond donors (Lipinski definition) is 1. The number of ether oxygens (including phenoxy) is 1. The third-order valence-corrected chi connectivity index (χ3v) is 3.88. The van der Waals surface area contributed by atoms with Crippen LogP contribution in [0.15, 0.2) is 18.2 Å². The van der Waals surface area contributed by atoms with Gasteiger partial charge >= 0.3 is 12.1 Å². The number of rotatable bonds is 2. The van der Waals surface area contributed by atoms with Crippen LogP contribution in [-0.2, 0) is 9.53 Å². The lowest BCUT2D eigenvalue weighted by molar-refractivity contribution is -0.141. The maximum Gasteiger partial charge on any atom is 0.410 e. The Bertz CT molecular complexity index is 629. The van der Waals surface area contributed by atoms with Crippen molar-refractivity contribution in [2.24, 2.45) is 5.92 Å². The topological polar surface area (TPSA) is 66.8 Å². The Hall–Kier alpha value is -1.82. The maximum absolute atomic E-state index is 14.1. The molecule has 1 fully saturated rings. The van der Waals surface area contributed by atoms with Crippen molar-refractivity contribution in [1.29, 1.82) is 0 Å². The molecule has 23 heavy (non-hydrogen) atoms. The molecule has 1 saturated heterocycles. The standard InChI is InChI=1S/C16H19ClFNO4/c1-16(2,3)23-15(22)19-7-11(12(8-19)14(20)21)10-6-9(17)4-5-13(10)18/h4-6,11-12H,7-8H2,1-3H3,(H,20,21). The first-order chi connectivity index (χ1) is 10.6. The Morgan fingerprint density at radius 3 is 2.57 bits per heavy atom. The summed E-state index contributed by atoms with van der Waals surface area (Å²) >= 11 is 5.89. The van der Waals surface area contributed by atoms with Crippen molar-refractivity contribution >= 4 is 23.7 Å². The summed E-state index contributed by atoms with van der Waals surface area (Å²) in [7, 11) is 0. The van der Waals surface area contributed by atoms with Gasteiger partial charge in [0, 0.05) is 24.0 Å². The van der Waals surface area contributed by atoms with Crippen LogP contribution in [-0.4, -0.2) is 40.8 Å². The molecule has 0 aliphatic carbocycles. The number of nitrogens with zero attached hydrogens (tertiary/aromatic N) is 1. The first kappa shape index (κ1) is 17.5. The molecule has 1 aliphatic rings. The van der Waals surface area contributed by atoms with E-state index < -0.39 is 35.3 Å². The smallest absolute Gasteiger partial charge is 0.410 e. The quantitative estimate of drug-likeness (QED) is 0.892. The molecule has 0 bridgehead atoms. The average Bonchev–Trinajstić information content (AvgIpc) is 2.85. The molecule has 1 aromatic carbocycles. The fourth-order valence-corrected chi connectivity index (χ4v) is 2.82. The molecule has 1 amide bonds. The maximum atomic E-state index is 14.1. The van der Waals surface area contributed by atoms with Crippen LogP contribution >= 0.6 is 11.6 Å². The molecular weight excluding hydrogens is 325 g/mol. The molecular formula is C16H19ClFNO4. The van der Waals surface area contributed by atoms with Crippen molar-refractivity contribution in [3.63, 3.8) is 0 Å². The van der Waals surface area contributed by atoms with E-state index in [-0.39, 0.29) is 18.7 Å². The minimum absolute atomic E-state index is 0.0269. The summed E-state index contributed by atoms with van der Waals surface area (Å²) in [6.07, 6.45) is -0.603.